The summed E-state index contributed by atoms with van der Waals surface area (Å²) >= 11 is 0. The second kappa shape index (κ2) is 16.4. The third-order valence-electron chi connectivity index (χ3n) is 13.2. The van der Waals surface area contributed by atoms with Crippen molar-refractivity contribution in [3.63, 3.8) is 0 Å². The smallest absolute Gasteiger partial charge is 0.238 e. The first kappa shape index (κ1) is 39.2. The molecule has 0 bridgehead atoms. The van der Waals surface area contributed by atoms with Crippen molar-refractivity contribution in [2.75, 3.05) is 0 Å². The van der Waals surface area contributed by atoms with Gasteiger partial charge in [-0.05, 0) is 75.3 Å². The maximum Gasteiger partial charge on any atom is 0.238 e. The molecule has 5 nitrogen and oxygen atoms in total. The molecule has 68 heavy (non-hydrogen) atoms. The highest BCUT2D eigenvalue weighted by molar-refractivity contribution is 6.26. The first-order valence-corrected chi connectivity index (χ1v) is 23.0. The van der Waals surface area contributed by atoms with Crippen LogP contribution >= 0.6 is 0 Å². The Morgan fingerprint density at radius 1 is 0.265 bits per heavy atom. The van der Waals surface area contributed by atoms with Gasteiger partial charge in [0.15, 0.2) is 11.6 Å². The first-order valence-electron chi connectivity index (χ1n) is 23.0. The van der Waals surface area contributed by atoms with Gasteiger partial charge in [-0.2, -0.15) is 9.97 Å². The van der Waals surface area contributed by atoms with E-state index in [9.17, 15) is 0 Å². The van der Waals surface area contributed by atoms with Crippen molar-refractivity contribution in [3.05, 3.63) is 249 Å². The van der Waals surface area contributed by atoms with Gasteiger partial charge in [0.1, 0.15) is 0 Å². The molecule has 0 saturated heterocycles. The second-order valence-electron chi connectivity index (χ2n) is 17.2. The van der Waals surface area contributed by atoms with Gasteiger partial charge >= 0.3 is 0 Å². The lowest BCUT2D eigenvalue weighted by Gasteiger charge is -2.15. The van der Waals surface area contributed by atoms with E-state index >= 15 is 0 Å². The van der Waals surface area contributed by atoms with Crippen LogP contribution < -0.4 is 0 Å². The highest BCUT2D eigenvalue weighted by Gasteiger charge is 2.24. The molecule has 0 aliphatic rings. The quantitative estimate of drug-likeness (QED) is 0.153. The Morgan fingerprint density at radius 3 is 1.43 bits per heavy atom. The molecule has 0 spiro atoms. The van der Waals surface area contributed by atoms with E-state index in [0.29, 0.717) is 17.6 Å². The van der Waals surface area contributed by atoms with Gasteiger partial charge in [0, 0.05) is 38.2 Å². The molecular formula is C63H41N5. The van der Waals surface area contributed by atoms with Gasteiger partial charge < -0.3 is 4.57 Å². The molecule has 0 aliphatic heterocycles. The normalized spacial score (nSPS) is 11.5. The van der Waals surface area contributed by atoms with Crippen LogP contribution in [-0.4, -0.2) is 24.1 Å². The summed E-state index contributed by atoms with van der Waals surface area (Å²) in [6.07, 6.45) is 0. The number of nitrogens with zero attached hydrogens (tertiary/aromatic N) is 5. The Bertz CT molecular complexity index is 4000. The molecule has 0 N–H and O–H groups in total. The van der Waals surface area contributed by atoms with Crippen molar-refractivity contribution >= 4 is 43.6 Å². The highest BCUT2D eigenvalue weighted by Crippen LogP contribution is 2.43. The van der Waals surface area contributed by atoms with E-state index in [0.717, 1.165) is 82.7 Å². The fourth-order valence-corrected chi connectivity index (χ4v) is 10.0. The van der Waals surface area contributed by atoms with Crippen LogP contribution in [0.15, 0.2) is 249 Å². The molecule has 10 aromatic carbocycles. The van der Waals surface area contributed by atoms with E-state index in [4.69, 9.17) is 15.0 Å². The van der Waals surface area contributed by atoms with Crippen LogP contribution in [0.5, 0.6) is 0 Å². The SMILES string of the molecule is c1ccc(-c2ccc(-c3cccc(-c4nc(-c5ccccc5)nc(-n5c6ccccc6c6ccc7c(c8ccccc8n7-c7ccccc7-c7cccc(-c8ccccc8)c7)c65)n4)c3)cc2)cc1. The standard InChI is InChI=1S/C63H41N5/c1-4-18-42(19-5-1)44-34-36-45(37-35-44)48-25-17-27-50(41-48)62-64-61(46-22-8-3-9-23-46)65-63(66-62)68-56-32-14-11-29-52(56)53-38-39-58-59(60(53)68)54-30-12-15-33-57(54)67(58)55-31-13-10-28-51(55)49-26-16-24-47(40-49)43-20-6-2-7-21-43/h1-41H. The summed E-state index contributed by atoms with van der Waals surface area (Å²) in [5.41, 5.74) is 16.5. The van der Waals surface area contributed by atoms with E-state index in [1.807, 2.05) is 24.3 Å². The summed E-state index contributed by atoms with van der Waals surface area (Å²) in [5, 5.41) is 4.53. The molecule has 0 saturated carbocycles. The topological polar surface area (TPSA) is 48.5 Å². The summed E-state index contributed by atoms with van der Waals surface area (Å²) in [4.78, 5) is 16.0. The number of fused-ring (bicyclic) bond motifs is 7. The molecule has 0 fully saturated rings. The van der Waals surface area contributed by atoms with Gasteiger partial charge in [0.25, 0.3) is 0 Å². The number of aromatic nitrogens is 5. The number of hydrogen-bond acceptors (Lipinski definition) is 3. The maximum atomic E-state index is 5.43. The summed E-state index contributed by atoms with van der Waals surface area (Å²) in [7, 11) is 0. The van der Waals surface area contributed by atoms with Crippen LogP contribution in [0.4, 0.5) is 0 Å². The van der Waals surface area contributed by atoms with E-state index in [2.05, 4.69) is 234 Å². The zero-order chi connectivity index (χ0) is 45.0. The van der Waals surface area contributed by atoms with E-state index in [1.54, 1.807) is 0 Å². The molecule has 318 valence electrons. The Labute approximate surface area is 393 Å². The lowest BCUT2D eigenvalue weighted by molar-refractivity contribution is 0.955. The molecule has 3 aromatic heterocycles. The van der Waals surface area contributed by atoms with Crippen LogP contribution in [0.25, 0.3) is 123 Å². The van der Waals surface area contributed by atoms with Gasteiger partial charge in [0.05, 0.1) is 27.8 Å². The zero-order valence-electron chi connectivity index (χ0n) is 36.9. The maximum absolute atomic E-state index is 5.43. The Hall–Kier alpha value is -9.19. The number of para-hydroxylation sites is 3. The van der Waals surface area contributed by atoms with Crippen molar-refractivity contribution in [3.8, 4) is 78.9 Å². The molecule has 0 aliphatic carbocycles. The number of hydrogen-bond donors (Lipinski definition) is 0. The van der Waals surface area contributed by atoms with Crippen molar-refractivity contribution in [2.24, 2.45) is 0 Å². The van der Waals surface area contributed by atoms with Crippen molar-refractivity contribution < 1.29 is 0 Å². The predicted molar refractivity (Wildman–Crippen MR) is 281 cm³/mol. The lowest BCUT2D eigenvalue weighted by Crippen LogP contribution is -2.06. The predicted octanol–water partition coefficient (Wildman–Crippen LogP) is 16.1. The van der Waals surface area contributed by atoms with Crippen LogP contribution in [0.1, 0.15) is 0 Å². The molecule has 0 amide bonds. The molecule has 0 atom stereocenters. The van der Waals surface area contributed by atoms with Crippen molar-refractivity contribution in [1.29, 1.82) is 0 Å². The summed E-state index contributed by atoms with van der Waals surface area (Å²) < 4.78 is 4.70. The minimum atomic E-state index is 0.556. The van der Waals surface area contributed by atoms with Gasteiger partial charge in [-0.15, -0.1) is 0 Å². The first-order chi connectivity index (χ1) is 33.7. The summed E-state index contributed by atoms with van der Waals surface area (Å²) in [5.74, 6) is 1.76. The Morgan fingerprint density at radius 2 is 0.735 bits per heavy atom. The fourth-order valence-electron chi connectivity index (χ4n) is 10.0. The average molecular weight is 868 g/mol. The van der Waals surface area contributed by atoms with Gasteiger partial charge in [-0.25, -0.2) is 4.98 Å². The van der Waals surface area contributed by atoms with E-state index in [1.165, 1.54) is 22.3 Å². The minimum absolute atomic E-state index is 0.556. The monoisotopic (exact) mass is 867 g/mol. The molecular weight excluding hydrogens is 827 g/mol. The van der Waals surface area contributed by atoms with Gasteiger partial charge in [0.2, 0.25) is 5.95 Å². The third-order valence-corrected chi connectivity index (χ3v) is 13.2. The zero-order valence-corrected chi connectivity index (χ0v) is 36.9. The van der Waals surface area contributed by atoms with Gasteiger partial charge in [-0.1, -0.05) is 212 Å². The third kappa shape index (κ3) is 6.68. The Kier molecular flexibility index (Phi) is 9.43. The second-order valence-corrected chi connectivity index (χ2v) is 17.2. The van der Waals surface area contributed by atoms with Crippen LogP contribution in [0.2, 0.25) is 0 Å². The number of benzene rings is 10. The molecule has 3 heterocycles. The largest absolute Gasteiger partial charge is 0.309 e. The molecule has 13 aromatic rings. The highest BCUT2D eigenvalue weighted by atomic mass is 15.2. The van der Waals surface area contributed by atoms with E-state index in [-0.39, 0.29) is 0 Å². The van der Waals surface area contributed by atoms with Crippen molar-refractivity contribution in [1.82, 2.24) is 24.1 Å². The van der Waals surface area contributed by atoms with Crippen LogP contribution in [0.3, 0.4) is 0 Å². The number of rotatable bonds is 8. The molecule has 0 unspecified atom stereocenters. The average Bonchev–Trinajstić information content (AvgIpc) is 3.95. The molecule has 5 heteroatoms. The van der Waals surface area contributed by atoms with Gasteiger partial charge in [-0.3, -0.25) is 4.57 Å². The fraction of sp³-hybridized carbons (Fsp3) is 0. The minimum Gasteiger partial charge on any atom is -0.309 e. The lowest BCUT2D eigenvalue weighted by atomic mass is 9.98. The van der Waals surface area contributed by atoms with Crippen LogP contribution in [0, 0.1) is 0 Å². The van der Waals surface area contributed by atoms with Crippen molar-refractivity contribution in [2.45, 2.75) is 0 Å². The molecule has 13 rings (SSSR count). The Balaban J connectivity index is 1.03. The van der Waals surface area contributed by atoms with Crippen LogP contribution in [-0.2, 0) is 0 Å². The van der Waals surface area contributed by atoms with E-state index < -0.39 is 0 Å². The summed E-state index contributed by atoms with van der Waals surface area (Å²) in [6, 6.07) is 88.2. The summed E-state index contributed by atoms with van der Waals surface area (Å²) in [6.45, 7) is 0. The molecule has 0 radical (unpaired) electrons.